The SMILES string of the molecule is CCNc1oc(-c2ccccc2F)nc1S(=O)(=O)c1ccc(C)cc1. The molecule has 0 aliphatic rings. The molecule has 1 N–H and O–H groups in total. The Balaban J connectivity index is 2.15. The minimum Gasteiger partial charge on any atom is -0.419 e. The number of rotatable bonds is 5. The fraction of sp³-hybridized carbons (Fsp3) is 0.167. The molecule has 0 amide bonds. The molecule has 3 aromatic rings. The molecule has 0 saturated carbocycles. The summed E-state index contributed by atoms with van der Waals surface area (Å²) in [5.41, 5.74) is 1.05. The third-order valence-corrected chi connectivity index (χ3v) is 5.30. The van der Waals surface area contributed by atoms with Gasteiger partial charge in [0.25, 0.3) is 0 Å². The molecule has 0 aliphatic heterocycles. The predicted molar refractivity (Wildman–Crippen MR) is 92.7 cm³/mol. The van der Waals surface area contributed by atoms with Gasteiger partial charge in [0.05, 0.1) is 10.5 Å². The van der Waals surface area contributed by atoms with Gasteiger partial charge in [-0.3, -0.25) is 0 Å². The Labute approximate surface area is 145 Å². The molecule has 0 atom stereocenters. The fourth-order valence-electron chi connectivity index (χ4n) is 2.34. The van der Waals surface area contributed by atoms with E-state index in [1.54, 1.807) is 25.1 Å². The number of oxazole rings is 1. The highest BCUT2D eigenvalue weighted by atomic mass is 32.2. The summed E-state index contributed by atoms with van der Waals surface area (Å²) in [6.45, 7) is 4.10. The normalized spacial score (nSPS) is 11.5. The van der Waals surface area contributed by atoms with Gasteiger partial charge in [-0.2, -0.15) is 4.98 Å². The summed E-state index contributed by atoms with van der Waals surface area (Å²) < 4.78 is 45.3. The molecule has 0 bridgehead atoms. The van der Waals surface area contributed by atoms with Crippen molar-refractivity contribution in [3.63, 3.8) is 0 Å². The molecule has 1 aromatic heterocycles. The van der Waals surface area contributed by atoms with E-state index in [1.165, 1.54) is 30.3 Å². The molecule has 7 heteroatoms. The molecule has 0 spiro atoms. The maximum atomic E-state index is 14.0. The van der Waals surface area contributed by atoms with Gasteiger partial charge in [-0.1, -0.05) is 29.8 Å². The number of nitrogens with one attached hydrogen (secondary N) is 1. The Morgan fingerprint density at radius 1 is 1.12 bits per heavy atom. The zero-order valence-corrected chi connectivity index (χ0v) is 14.6. The number of anilines is 1. The highest BCUT2D eigenvalue weighted by molar-refractivity contribution is 7.91. The van der Waals surface area contributed by atoms with E-state index in [0.717, 1.165) is 5.56 Å². The number of benzene rings is 2. The highest BCUT2D eigenvalue weighted by Gasteiger charge is 2.28. The van der Waals surface area contributed by atoms with E-state index in [1.807, 2.05) is 6.92 Å². The number of aromatic nitrogens is 1. The summed E-state index contributed by atoms with van der Waals surface area (Å²) in [4.78, 5) is 4.18. The predicted octanol–water partition coefficient (Wildman–Crippen LogP) is 4.05. The smallest absolute Gasteiger partial charge is 0.233 e. The lowest BCUT2D eigenvalue weighted by Crippen LogP contribution is -2.07. The van der Waals surface area contributed by atoms with E-state index in [4.69, 9.17) is 4.42 Å². The summed E-state index contributed by atoms with van der Waals surface area (Å²) in [7, 11) is -3.90. The molecule has 0 saturated heterocycles. The lowest BCUT2D eigenvalue weighted by molar-refractivity contribution is 0.568. The van der Waals surface area contributed by atoms with Crippen LogP contribution in [-0.4, -0.2) is 19.9 Å². The summed E-state index contributed by atoms with van der Waals surface area (Å²) in [5, 5.41) is 2.59. The molecule has 5 nitrogen and oxygen atoms in total. The van der Waals surface area contributed by atoms with Crippen LogP contribution in [0.2, 0.25) is 0 Å². The lowest BCUT2D eigenvalue weighted by atomic mass is 10.2. The molecular weight excluding hydrogens is 343 g/mol. The minimum absolute atomic E-state index is 0.00123. The van der Waals surface area contributed by atoms with Gasteiger partial charge in [-0.05, 0) is 38.1 Å². The maximum absolute atomic E-state index is 14.0. The summed E-state index contributed by atoms with van der Waals surface area (Å²) >= 11 is 0. The molecule has 3 rings (SSSR count). The van der Waals surface area contributed by atoms with Gasteiger partial charge in [0.15, 0.2) is 0 Å². The van der Waals surface area contributed by atoms with Gasteiger partial charge >= 0.3 is 0 Å². The molecule has 130 valence electrons. The van der Waals surface area contributed by atoms with Crippen molar-refractivity contribution >= 4 is 15.7 Å². The minimum atomic E-state index is -3.90. The molecular formula is C18H17FN2O3S. The van der Waals surface area contributed by atoms with Gasteiger partial charge in [0.1, 0.15) is 5.82 Å². The second kappa shape index (κ2) is 6.68. The average Bonchev–Trinajstić information content (AvgIpc) is 3.00. The van der Waals surface area contributed by atoms with Crippen LogP contribution in [0.5, 0.6) is 0 Å². The van der Waals surface area contributed by atoms with Crippen LogP contribution >= 0.6 is 0 Å². The first-order chi connectivity index (χ1) is 11.9. The molecule has 0 aliphatic carbocycles. The Morgan fingerprint density at radius 3 is 2.44 bits per heavy atom. The van der Waals surface area contributed by atoms with Crippen LogP contribution in [0.1, 0.15) is 12.5 Å². The van der Waals surface area contributed by atoms with Crippen LogP contribution in [-0.2, 0) is 9.84 Å². The first-order valence-corrected chi connectivity index (χ1v) is 9.23. The molecule has 2 aromatic carbocycles. The van der Waals surface area contributed by atoms with Crippen molar-refractivity contribution < 1.29 is 17.2 Å². The molecule has 0 radical (unpaired) electrons. The summed E-state index contributed by atoms with van der Waals surface area (Å²) in [6, 6.07) is 12.4. The topological polar surface area (TPSA) is 72.2 Å². The standard InChI is InChI=1S/C18H17FN2O3S/c1-3-20-17-18(25(22,23)13-10-8-12(2)9-11-13)21-16(24-17)14-6-4-5-7-15(14)19/h4-11,20H,3H2,1-2H3. The highest BCUT2D eigenvalue weighted by Crippen LogP contribution is 2.33. The van der Waals surface area contributed by atoms with Crippen LogP contribution < -0.4 is 5.32 Å². The number of aryl methyl sites for hydroxylation is 1. The largest absolute Gasteiger partial charge is 0.419 e. The van der Waals surface area contributed by atoms with E-state index in [9.17, 15) is 12.8 Å². The Hall–Kier alpha value is -2.67. The van der Waals surface area contributed by atoms with Crippen molar-refractivity contribution in [2.75, 3.05) is 11.9 Å². The van der Waals surface area contributed by atoms with Crippen molar-refractivity contribution in [1.82, 2.24) is 4.98 Å². The van der Waals surface area contributed by atoms with Crippen molar-refractivity contribution in [2.45, 2.75) is 23.8 Å². The second-order valence-electron chi connectivity index (χ2n) is 5.48. The molecule has 1 heterocycles. The summed E-state index contributed by atoms with van der Waals surface area (Å²) in [5.74, 6) is -0.618. The number of hydrogen-bond acceptors (Lipinski definition) is 5. The van der Waals surface area contributed by atoms with Crippen LogP contribution in [0.15, 0.2) is 62.9 Å². The quantitative estimate of drug-likeness (QED) is 0.743. The number of halogens is 1. The van der Waals surface area contributed by atoms with Gasteiger partial charge in [-0.15, -0.1) is 0 Å². The van der Waals surface area contributed by atoms with Crippen LogP contribution in [0.4, 0.5) is 10.3 Å². The third kappa shape index (κ3) is 3.28. The fourth-order valence-corrected chi connectivity index (χ4v) is 3.62. The number of hydrogen-bond donors (Lipinski definition) is 1. The van der Waals surface area contributed by atoms with E-state index >= 15 is 0 Å². The summed E-state index contributed by atoms with van der Waals surface area (Å²) in [6.07, 6.45) is 0. The van der Waals surface area contributed by atoms with Crippen molar-refractivity contribution in [3.8, 4) is 11.5 Å². The first kappa shape index (κ1) is 17.2. The number of sulfone groups is 1. The maximum Gasteiger partial charge on any atom is 0.233 e. The van der Waals surface area contributed by atoms with Gasteiger partial charge < -0.3 is 9.73 Å². The first-order valence-electron chi connectivity index (χ1n) is 7.75. The third-order valence-electron chi connectivity index (χ3n) is 3.62. The monoisotopic (exact) mass is 360 g/mol. The average molecular weight is 360 g/mol. The molecule has 0 fully saturated rings. The van der Waals surface area contributed by atoms with Crippen LogP contribution in [0, 0.1) is 12.7 Å². The van der Waals surface area contributed by atoms with Gasteiger partial charge in [0.2, 0.25) is 26.6 Å². The van der Waals surface area contributed by atoms with Crippen molar-refractivity contribution in [1.29, 1.82) is 0 Å². The number of nitrogens with zero attached hydrogens (tertiary/aromatic N) is 1. The van der Waals surface area contributed by atoms with Gasteiger partial charge in [0, 0.05) is 6.54 Å². The van der Waals surface area contributed by atoms with Crippen molar-refractivity contribution in [2.24, 2.45) is 0 Å². The zero-order chi connectivity index (χ0) is 18.0. The van der Waals surface area contributed by atoms with E-state index < -0.39 is 15.7 Å². The van der Waals surface area contributed by atoms with Crippen molar-refractivity contribution in [3.05, 3.63) is 59.9 Å². The Morgan fingerprint density at radius 2 is 1.80 bits per heavy atom. The Bertz CT molecular complexity index is 995. The zero-order valence-electron chi connectivity index (χ0n) is 13.8. The molecule has 25 heavy (non-hydrogen) atoms. The van der Waals surface area contributed by atoms with Gasteiger partial charge in [-0.25, -0.2) is 12.8 Å². The van der Waals surface area contributed by atoms with E-state index in [2.05, 4.69) is 10.3 Å². The van der Waals surface area contributed by atoms with Crippen LogP contribution in [0.3, 0.4) is 0 Å². The Kier molecular flexibility index (Phi) is 4.59. The van der Waals surface area contributed by atoms with E-state index in [0.29, 0.717) is 6.54 Å². The van der Waals surface area contributed by atoms with E-state index in [-0.39, 0.29) is 27.3 Å². The lowest BCUT2D eigenvalue weighted by Gasteiger charge is -2.04. The molecule has 0 unspecified atom stereocenters. The van der Waals surface area contributed by atoms with Crippen LogP contribution in [0.25, 0.3) is 11.5 Å². The second-order valence-corrected chi connectivity index (χ2v) is 7.34.